The van der Waals surface area contributed by atoms with Crippen molar-refractivity contribution in [2.45, 2.75) is 13.0 Å². The summed E-state index contributed by atoms with van der Waals surface area (Å²) in [5.74, 6) is 0. The van der Waals surface area contributed by atoms with Crippen molar-refractivity contribution >= 4 is 28.3 Å². The summed E-state index contributed by atoms with van der Waals surface area (Å²) in [6.07, 6.45) is 1.19. The molecule has 1 aromatic rings. The second kappa shape index (κ2) is 4.06. The highest BCUT2D eigenvalue weighted by Gasteiger charge is 2.14. The highest BCUT2D eigenvalue weighted by atomic mass is 127. The van der Waals surface area contributed by atoms with Gasteiger partial charge in [0.2, 0.25) is 0 Å². The first kappa shape index (κ1) is 10.2. The number of nitrogens with zero attached hydrogens (tertiary/aromatic N) is 1. The molecule has 1 aliphatic rings. The van der Waals surface area contributed by atoms with E-state index in [1.165, 1.54) is 33.4 Å². The molecule has 0 atom stereocenters. The Kier molecular flexibility index (Phi) is 2.97. The second-order valence-electron chi connectivity index (χ2n) is 3.84. The minimum absolute atomic E-state index is 1.08. The molecule has 1 heterocycles. The molecular formula is C11H15IN2. The maximum atomic E-state index is 3.23. The van der Waals surface area contributed by atoms with Gasteiger partial charge >= 0.3 is 0 Å². The average molecular weight is 302 g/mol. The molecule has 0 bridgehead atoms. The Balaban J connectivity index is 2.41. The number of fused-ring (bicyclic) bond motifs is 1. The van der Waals surface area contributed by atoms with E-state index in [9.17, 15) is 0 Å². The third kappa shape index (κ3) is 1.88. The van der Waals surface area contributed by atoms with Crippen LogP contribution >= 0.6 is 22.6 Å². The molecular weight excluding hydrogens is 287 g/mol. The Bertz CT molecular complexity index is 349. The minimum atomic E-state index is 1.08. The van der Waals surface area contributed by atoms with E-state index in [0.717, 1.165) is 6.54 Å². The second-order valence-corrected chi connectivity index (χ2v) is 5.00. The molecule has 76 valence electrons. The molecule has 2 rings (SSSR count). The highest BCUT2D eigenvalue weighted by molar-refractivity contribution is 14.1. The molecule has 1 N–H and O–H groups in total. The fourth-order valence-electron chi connectivity index (χ4n) is 1.91. The van der Waals surface area contributed by atoms with Crippen LogP contribution in [0.4, 0.5) is 5.69 Å². The number of rotatable bonds is 1. The first-order chi connectivity index (χ1) is 6.70. The molecule has 1 aliphatic heterocycles. The molecule has 0 spiro atoms. The van der Waals surface area contributed by atoms with Gasteiger partial charge in [-0.05, 0) is 59.3 Å². The zero-order valence-electron chi connectivity index (χ0n) is 8.60. The number of halogens is 1. The number of nitrogens with one attached hydrogen (secondary N) is 1. The molecule has 0 saturated carbocycles. The van der Waals surface area contributed by atoms with Crippen LogP contribution in [0, 0.1) is 3.57 Å². The van der Waals surface area contributed by atoms with E-state index in [0.29, 0.717) is 0 Å². The Morgan fingerprint density at radius 3 is 2.86 bits per heavy atom. The first-order valence-corrected chi connectivity index (χ1v) is 5.96. The number of hydrogen-bond acceptors (Lipinski definition) is 2. The molecule has 0 unspecified atom stereocenters. The summed E-state index contributed by atoms with van der Waals surface area (Å²) in [5, 5.41) is 3.23. The van der Waals surface area contributed by atoms with E-state index in [-0.39, 0.29) is 0 Å². The highest BCUT2D eigenvalue weighted by Crippen LogP contribution is 2.26. The van der Waals surface area contributed by atoms with Crippen LogP contribution in [0.15, 0.2) is 12.1 Å². The number of likely N-dealkylation sites (N-methyl/N-ethyl adjacent to an activating group) is 1. The lowest BCUT2D eigenvalue weighted by Crippen LogP contribution is -2.26. The fraction of sp³-hybridized carbons (Fsp3) is 0.455. The number of anilines is 1. The van der Waals surface area contributed by atoms with E-state index < -0.39 is 0 Å². The summed E-state index contributed by atoms with van der Waals surface area (Å²) in [4.78, 5) is 2.37. The minimum Gasteiger partial charge on any atom is -0.387 e. The zero-order chi connectivity index (χ0) is 10.1. The Morgan fingerprint density at radius 2 is 2.14 bits per heavy atom. The molecule has 14 heavy (non-hydrogen) atoms. The maximum absolute atomic E-state index is 3.23. The standard InChI is InChI=1S/C11H15IN2/c1-13-11-6-9-7-14(2)4-3-8(9)5-10(11)12/h5-6,13H,3-4,7H2,1-2H3. The normalized spacial score (nSPS) is 16.5. The van der Waals surface area contributed by atoms with E-state index in [1.54, 1.807) is 0 Å². The van der Waals surface area contributed by atoms with Crippen molar-refractivity contribution in [1.82, 2.24) is 4.90 Å². The van der Waals surface area contributed by atoms with Gasteiger partial charge in [-0.15, -0.1) is 0 Å². The van der Waals surface area contributed by atoms with Gasteiger partial charge in [-0.25, -0.2) is 0 Å². The molecule has 0 aliphatic carbocycles. The Labute approximate surface area is 98.8 Å². The first-order valence-electron chi connectivity index (χ1n) is 4.88. The van der Waals surface area contributed by atoms with Crippen LogP contribution in [-0.4, -0.2) is 25.5 Å². The van der Waals surface area contributed by atoms with E-state index >= 15 is 0 Å². The van der Waals surface area contributed by atoms with Crippen LogP contribution in [0.25, 0.3) is 0 Å². The van der Waals surface area contributed by atoms with Gasteiger partial charge in [0.1, 0.15) is 0 Å². The van der Waals surface area contributed by atoms with E-state index in [1.807, 2.05) is 7.05 Å². The predicted molar refractivity (Wildman–Crippen MR) is 68.7 cm³/mol. The van der Waals surface area contributed by atoms with Crippen molar-refractivity contribution in [2.75, 3.05) is 26.0 Å². The largest absolute Gasteiger partial charge is 0.387 e. The lowest BCUT2D eigenvalue weighted by molar-refractivity contribution is 0.313. The molecule has 1 aromatic carbocycles. The Morgan fingerprint density at radius 1 is 1.36 bits per heavy atom. The number of hydrogen-bond donors (Lipinski definition) is 1. The zero-order valence-corrected chi connectivity index (χ0v) is 10.8. The van der Waals surface area contributed by atoms with Crippen LogP contribution in [0.5, 0.6) is 0 Å². The monoisotopic (exact) mass is 302 g/mol. The van der Waals surface area contributed by atoms with Gasteiger partial charge in [0.15, 0.2) is 0 Å². The summed E-state index contributed by atoms with van der Waals surface area (Å²) in [6, 6.07) is 4.60. The molecule has 0 saturated heterocycles. The van der Waals surface area contributed by atoms with Gasteiger partial charge in [0.05, 0.1) is 0 Å². The summed E-state index contributed by atoms with van der Waals surface area (Å²) in [5.41, 5.74) is 4.25. The summed E-state index contributed by atoms with van der Waals surface area (Å²) in [6.45, 7) is 2.27. The van der Waals surface area contributed by atoms with Gasteiger partial charge in [-0.3, -0.25) is 0 Å². The topological polar surface area (TPSA) is 15.3 Å². The predicted octanol–water partition coefficient (Wildman–Crippen LogP) is 2.32. The van der Waals surface area contributed by atoms with Crippen molar-refractivity contribution in [3.63, 3.8) is 0 Å². The summed E-state index contributed by atoms with van der Waals surface area (Å²) in [7, 11) is 4.16. The molecule has 0 fully saturated rings. The summed E-state index contributed by atoms with van der Waals surface area (Å²) < 4.78 is 1.33. The Hall–Kier alpha value is -0.290. The third-order valence-electron chi connectivity index (χ3n) is 2.76. The van der Waals surface area contributed by atoms with Crippen molar-refractivity contribution in [2.24, 2.45) is 0 Å². The molecule has 0 aromatic heterocycles. The van der Waals surface area contributed by atoms with Crippen LogP contribution in [0.3, 0.4) is 0 Å². The van der Waals surface area contributed by atoms with Gasteiger partial charge in [0, 0.05) is 29.4 Å². The lowest BCUT2D eigenvalue weighted by atomic mass is 9.99. The third-order valence-corrected chi connectivity index (χ3v) is 3.65. The van der Waals surface area contributed by atoms with Crippen LogP contribution in [0.2, 0.25) is 0 Å². The van der Waals surface area contributed by atoms with Crippen molar-refractivity contribution in [1.29, 1.82) is 0 Å². The van der Waals surface area contributed by atoms with Gasteiger partial charge in [-0.1, -0.05) is 0 Å². The van der Waals surface area contributed by atoms with Crippen molar-refractivity contribution < 1.29 is 0 Å². The lowest BCUT2D eigenvalue weighted by Gasteiger charge is -2.25. The molecule has 2 nitrogen and oxygen atoms in total. The molecule has 3 heteroatoms. The van der Waals surface area contributed by atoms with E-state index in [4.69, 9.17) is 0 Å². The fourth-order valence-corrected chi connectivity index (χ4v) is 2.71. The van der Waals surface area contributed by atoms with Gasteiger partial charge in [-0.2, -0.15) is 0 Å². The number of benzene rings is 1. The quantitative estimate of drug-likeness (QED) is 0.801. The smallest absolute Gasteiger partial charge is 0.0476 e. The molecule has 0 radical (unpaired) electrons. The van der Waals surface area contributed by atoms with Crippen LogP contribution in [-0.2, 0) is 13.0 Å². The average Bonchev–Trinajstić information content (AvgIpc) is 2.17. The van der Waals surface area contributed by atoms with Crippen molar-refractivity contribution in [3.05, 3.63) is 26.8 Å². The van der Waals surface area contributed by atoms with Crippen molar-refractivity contribution in [3.8, 4) is 0 Å². The van der Waals surface area contributed by atoms with Gasteiger partial charge in [0.25, 0.3) is 0 Å². The van der Waals surface area contributed by atoms with Gasteiger partial charge < -0.3 is 10.2 Å². The van der Waals surface area contributed by atoms with Crippen LogP contribution < -0.4 is 5.32 Å². The van der Waals surface area contributed by atoms with E-state index in [2.05, 4.69) is 52.0 Å². The van der Waals surface area contributed by atoms with Crippen LogP contribution in [0.1, 0.15) is 11.1 Å². The SMILES string of the molecule is CNc1cc2c(cc1I)CCN(C)C2. The maximum Gasteiger partial charge on any atom is 0.0476 e. The molecule has 0 amide bonds. The summed E-state index contributed by atoms with van der Waals surface area (Å²) >= 11 is 2.40.